The second-order valence-corrected chi connectivity index (χ2v) is 17.4. The van der Waals surface area contributed by atoms with Crippen molar-refractivity contribution in [3.63, 3.8) is 0 Å². The van der Waals surface area contributed by atoms with Crippen molar-refractivity contribution in [1.29, 1.82) is 0 Å². The van der Waals surface area contributed by atoms with E-state index in [1.807, 2.05) is 18.2 Å². The molecule has 2 nitrogen and oxygen atoms in total. The van der Waals surface area contributed by atoms with Gasteiger partial charge in [-0.25, -0.2) is 0 Å². The maximum Gasteiger partial charge on any atom is 1.00 e. The standard InChI is InChI=1S/3C6H5.CH2O2.ClH.Na.Sn/c3*1-2-4-6-5-3-1;2-1-3;;;/h3*1-5H;1H,(H,2,3);1H;;/q;;;;;2*+1/p-2. The second-order valence-electron chi connectivity index (χ2n) is 4.85. The first-order valence-corrected chi connectivity index (χ1v) is 15.0. The van der Waals surface area contributed by atoms with Crippen molar-refractivity contribution < 1.29 is 39.5 Å². The van der Waals surface area contributed by atoms with Gasteiger partial charge < -0.3 is 9.90 Å². The number of hydrogen-bond donors (Lipinski definition) is 0. The summed E-state index contributed by atoms with van der Waals surface area (Å²) in [6, 6.07) is 31.6. The molecule has 116 valence electrons. The number of halogens is 1. The van der Waals surface area contributed by atoms with Gasteiger partial charge in [-0.2, -0.15) is 0 Å². The number of rotatable bonds is 3. The Morgan fingerprint density at radius 2 is 0.875 bits per heavy atom. The quantitative estimate of drug-likeness (QED) is 0.349. The molecule has 0 radical (unpaired) electrons. The molecule has 24 heavy (non-hydrogen) atoms. The molecule has 0 aromatic heterocycles. The molecule has 0 bridgehead atoms. The van der Waals surface area contributed by atoms with Gasteiger partial charge in [-0.05, 0) is 0 Å². The van der Waals surface area contributed by atoms with E-state index in [-0.39, 0.29) is 29.6 Å². The van der Waals surface area contributed by atoms with E-state index in [1.165, 1.54) is 10.7 Å². The van der Waals surface area contributed by atoms with Crippen LogP contribution in [0.4, 0.5) is 0 Å². The Morgan fingerprint density at radius 1 is 0.667 bits per heavy atom. The Hall–Kier alpha value is -0.781. The van der Waals surface area contributed by atoms with Gasteiger partial charge in [0.05, 0.1) is 0 Å². The van der Waals surface area contributed by atoms with Gasteiger partial charge in [-0.15, -0.1) is 0 Å². The fourth-order valence-electron chi connectivity index (χ4n) is 2.50. The van der Waals surface area contributed by atoms with Crippen molar-refractivity contribution in [3.8, 4) is 0 Å². The van der Waals surface area contributed by atoms with Gasteiger partial charge in [-0.1, -0.05) is 0 Å². The van der Waals surface area contributed by atoms with E-state index in [9.17, 15) is 0 Å². The van der Waals surface area contributed by atoms with E-state index >= 15 is 0 Å². The van der Waals surface area contributed by atoms with Crippen LogP contribution in [0, 0.1) is 0 Å². The van der Waals surface area contributed by atoms with Crippen LogP contribution < -0.4 is 45.4 Å². The maximum atomic E-state index is 8.25. The minimum absolute atomic E-state index is 0. The number of benzene rings is 3. The molecule has 0 saturated heterocycles. The fourth-order valence-corrected chi connectivity index (χ4v) is 13.5. The number of carbonyl (C=O) groups excluding carboxylic acids is 1. The Morgan fingerprint density at radius 3 is 1.08 bits per heavy atom. The van der Waals surface area contributed by atoms with Gasteiger partial charge in [0.15, 0.2) is 0 Å². The Kier molecular flexibility index (Phi) is 9.70. The molecule has 0 aliphatic rings. The zero-order chi connectivity index (χ0) is 16.5. The number of hydrogen-bond acceptors (Lipinski definition) is 2. The van der Waals surface area contributed by atoms with E-state index in [4.69, 9.17) is 18.8 Å². The Labute approximate surface area is 172 Å². The Balaban J connectivity index is 0.000000671. The van der Waals surface area contributed by atoms with E-state index in [0.29, 0.717) is 0 Å². The van der Waals surface area contributed by atoms with Gasteiger partial charge in [0.25, 0.3) is 0 Å². The first kappa shape index (κ1) is 21.3. The molecule has 0 atom stereocenters. The third-order valence-corrected chi connectivity index (χ3v) is 17.6. The van der Waals surface area contributed by atoms with Crippen molar-refractivity contribution in [3.05, 3.63) is 91.0 Å². The third-order valence-electron chi connectivity index (χ3n) is 3.51. The third kappa shape index (κ3) is 5.11. The average molecular weight is 453 g/mol. The van der Waals surface area contributed by atoms with Crippen LogP contribution in [-0.2, 0) is 4.79 Å². The number of carbonyl (C=O) groups is 1. The molecule has 0 unspecified atom stereocenters. The molecule has 0 saturated carbocycles. The zero-order valence-electron chi connectivity index (χ0n) is 13.4. The fraction of sp³-hybridized carbons (Fsp3) is 0. The summed E-state index contributed by atoms with van der Waals surface area (Å²) in [7, 11) is 7.33. The minimum Gasteiger partial charge on any atom is 1.00 e. The van der Waals surface area contributed by atoms with E-state index in [1.54, 1.807) is 0 Å². The molecule has 0 aliphatic heterocycles. The summed E-state index contributed by atoms with van der Waals surface area (Å²) in [6.07, 6.45) is 0. The van der Waals surface area contributed by atoms with Gasteiger partial charge in [-0.3, -0.25) is 0 Å². The summed E-state index contributed by atoms with van der Waals surface area (Å²) in [5, 5.41) is 8.25. The molecular formula is C19H16ClNaO2Sn. The van der Waals surface area contributed by atoms with Crippen LogP contribution in [0.1, 0.15) is 0 Å². The first-order valence-electron chi connectivity index (χ1n) is 7.14. The van der Waals surface area contributed by atoms with Crippen molar-refractivity contribution in [2.24, 2.45) is 0 Å². The SMILES string of the molecule is O=C[O-].[Cl][Sn]([c]1ccccc1)([c]1ccccc1)[c]1ccccc1.[Na+]. The predicted molar refractivity (Wildman–Crippen MR) is 95.9 cm³/mol. The molecule has 0 heterocycles. The van der Waals surface area contributed by atoms with Crippen LogP contribution in [0.2, 0.25) is 0 Å². The molecule has 5 heteroatoms. The summed E-state index contributed by atoms with van der Waals surface area (Å²) in [4.78, 5) is 8.25. The van der Waals surface area contributed by atoms with Gasteiger partial charge in [0, 0.05) is 6.47 Å². The molecular weight excluding hydrogens is 437 g/mol. The zero-order valence-corrected chi connectivity index (χ0v) is 19.0. The minimum atomic E-state index is -3.30. The Bertz CT molecular complexity index is 627. The van der Waals surface area contributed by atoms with Gasteiger partial charge in [0.2, 0.25) is 0 Å². The average Bonchev–Trinajstić information content (AvgIpc) is 2.64. The summed E-state index contributed by atoms with van der Waals surface area (Å²) < 4.78 is 3.88. The molecule has 3 rings (SSSR count). The van der Waals surface area contributed by atoms with Crippen molar-refractivity contribution in [1.82, 2.24) is 0 Å². The molecule has 0 spiro atoms. The predicted octanol–water partition coefficient (Wildman–Crippen LogP) is -1.74. The van der Waals surface area contributed by atoms with Crippen LogP contribution in [0.5, 0.6) is 0 Å². The van der Waals surface area contributed by atoms with Crippen LogP contribution in [-0.4, -0.2) is 23.7 Å². The summed E-state index contributed by atoms with van der Waals surface area (Å²) in [5.41, 5.74) is 0. The molecule has 0 aliphatic carbocycles. The monoisotopic (exact) mass is 454 g/mol. The van der Waals surface area contributed by atoms with E-state index < -0.39 is 23.7 Å². The summed E-state index contributed by atoms with van der Waals surface area (Å²) in [6.45, 7) is -0.500. The second kappa shape index (κ2) is 11.0. The first-order chi connectivity index (χ1) is 11.2. The van der Waals surface area contributed by atoms with Gasteiger partial charge >= 0.3 is 157 Å². The van der Waals surface area contributed by atoms with Crippen molar-refractivity contribution in [2.75, 3.05) is 0 Å². The topological polar surface area (TPSA) is 40.1 Å². The normalized spacial score (nSPS) is 9.88. The molecule has 0 N–H and O–H groups in total. The van der Waals surface area contributed by atoms with E-state index in [2.05, 4.69) is 72.8 Å². The summed E-state index contributed by atoms with van der Waals surface area (Å²) in [5.74, 6) is 0. The van der Waals surface area contributed by atoms with Crippen molar-refractivity contribution >= 4 is 43.4 Å². The van der Waals surface area contributed by atoms with Crippen LogP contribution >= 0.6 is 8.92 Å². The smallest absolute Gasteiger partial charge is 1.00 e. The van der Waals surface area contributed by atoms with Gasteiger partial charge in [0.1, 0.15) is 0 Å². The number of carboxylic acid groups (broad SMARTS) is 1. The molecule has 3 aromatic rings. The van der Waals surface area contributed by atoms with Crippen LogP contribution in [0.15, 0.2) is 91.0 Å². The molecule has 0 amide bonds. The van der Waals surface area contributed by atoms with Crippen molar-refractivity contribution in [2.45, 2.75) is 0 Å². The molecule has 0 fully saturated rings. The maximum absolute atomic E-state index is 8.25. The van der Waals surface area contributed by atoms with E-state index in [0.717, 1.165) is 0 Å². The molecule has 3 aromatic carbocycles. The van der Waals surface area contributed by atoms with Crippen LogP contribution in [0.3, 0.4) is 0 Å². The largest absolute Gasteiger partial charge is 1.00 e. The van der Waals surface area contributed by atoms with Crippen LogP contribution in [0.25, 0.3) is 0 Å². The summed E-state index contributed by atoms with van der Waals surface area (Å²) >= 11 is -3.30.